The molecule has 0 bridgehead atoms. The van der Waals surface area contributed by atoms with Gasteiger partial charge in [0.2, 0.25) is 0 Å². The molecular weight excluding hydrogens is 286 g/mol. The van der Waals surface area contributed by atoms with Gasteiger partial charge in [0.25, 0.3) is 5.92 Å². The smallest absolute Gasteiger partial charge is 0.407 e. The molecule has 1 amide bonds. The molecule has 0 aromatic carbocycles. The molecule has 1 heterocycles. The minimum Gasteiger partial charge on any atom is -0.444 e. The van der Waals surface area contributed by atoms with Gasteiger partial charge in [0.15, 0.2) is 0 Å². The number of halogens is 2. The third-order valence-corrected chi connectivity index (χ3v) is 4.09. The lowest BCUT2D eigenvalue weighted by Crippen LogP contribution is -2.47. The molecule has 20 heavy (non-hydrogen) atoms. The molecule has 1 aliphatic rings. The molecule has 2 unspecified atom stereocenters. The molecule has 0 aromatic rings. The average Bonchev–Trinajstić information content (AvgIpc) is 2.68. The number of hydrogen-bond donors (Lipinski definition) is 2. The van der Waals surface area contributed by atoms with E-state index in [4.69, 9.17) is 4.74 Å². The van der Waals surface area contributed by atoms with Crippen LogP contribution in [0, 0.1) is 0 Å². The maximum atomic E-state index is 13.6. The van der Waals surface area contributed by atoms with Crippen LogP contribution in [0.25, 0.3) is 0 Å². The van der Waals surface area contributed by atoms with Crippen LogP contribution >= 0.6 is 11.8 Å². The molecule has 1 rings (SSSR count). The van der Waals surface area contributed by atoms with E-state index in [0.717, 1.165) is 12.2 Å². The van der Waals surface area contributed by atoms with Crippen molar-refractivity contribution in [2.75, 3.05) is 18.8 Å². The zero-order valence-electron chi connectivity index (χ0n) is 12.5. The van der Waals surface area contributed by atoms with Gasteiger partial charge >= 0.3 is 6.09 Å². The standard InChI is InChI=1S/C13H24F2N2O2S/c1-9-5-10(6-20-9)16-7-13(14,15)8-17-11(18)19-12(2,3)4/h9-10,16H,5-8H2,1-4H3,(H,17,18). The van der Waals surface area contributed by atoms with Crippen molar-refractivity contribution in [1.82, 2.24) is 10.6 Å². The number of carbonyl (C=O) groups excluding carboxylic acids is 1. The Balaban J connectivity index is 2.25. The second-order valence-electron chi connectivity index (χ2n) is 6.17. The maximum Gasteiger partial charge on any atom is 0.407 e. The first-order valence-corrected chi connectivity index (χ1v) is 7.82. The van der Waals surface area contributed by atoms with Crippen LogP contribution in [0.2, 0.25) is 0 Å². The molecule has 7 heteroatoms. The molecule has 0 aliphatic carbocycles. The number of ether oxygens (including phenoxy) is 1. The fraction of sp³-hybridized carbons (Fsp3) is 0.923. The molecule has 2 atom stereocenters. The van der Waals surface area contributed by atoms with Crippen molar-refractivity contribution >= 4 is 17.9 Å². The lowest BCUT2D eigenvalue weighted by molar-refractivity contribution is -0.00510. The second-order valence-corrected chi connectivity index (χ2v) is 7.64. The van der Waals surface area contributed by atoms with E-state index in [1.54, 1.807) is 32.5 Å². The normalized spacial score (nSPS) is 23.7. The van der Waals surface area contributed by atoms with E-state index in [-0.39, 0.29) is 6.04 Å². The molecule has 1 fully saturated rings. The summed E-state index contributed by atoms with van der Waals surface area (Å²) in [7, 11) is 0. The third kappa shape index (κ3) is 7.28. The average molecular weight is 310 g/mol. The first kappa shape index (κ1) is 17.5. The predicted molar refractivity (Wildman–Crippen MR) is 77.5 cm³/mol. The molecule has 0 radical (unpaired) electrons. The number of alkyl halides is 2. The van der Waals surface area contributed by atoms with Crippen molar-refractivity contribution in [1.29, 1.82) is 0 Å². The first-order chi connectivity index (χ1) is 9.07. The predicted octanol–water partition coefficient (Wildman–Crippen LogP) is 2.63. The highest BCUT2D eigenvalue weighted by Crippen LogP contribution is 2.26. The fourth-order valence-corrected chi connectivity index (χ4v) is 3.01. The Labute approximate surface area is 123 Å². The van der Waals surface area contributed by atoms with Gasteiger partial charge in [-0.15, -0.1) is 0 Å². The van der Waals surface area contributed by atoms with E-state index in [9.17, 15) is 13.6 Å². The number of hydrogen-bond acceptors (Lipinski definition) is 4. The first-order valence-electron chi connectivity index (χ1n) is 6.77. The Morgan fingerprint density at radius 3 is 2.50 bits per heavy atom. The second kappa shape index (κ2) is 6.93. The quantitative estimate of drug-likeness (QED) is 0.819. The summed E-state index contributed by atoms with van der Waals surface area (Å²) in [6.45, 7) is 6.00. The van der Waals surface area contributed by atoms with Crippen LogP contribution in [0.3, 0.4) is 0 Å². The van der Waals surface area contributed by atoms with E-state index in [2.05, 4.69) is 17.6 Å². The summed E-state index contributed by atoms with van der Waals surface area (Å²) < 4.78 is 32.2. The van der Waals surface area contributed by atoms with Crippen LogP contribution in [0.4, 0.5) is 13.6 Å². The van der Waals surface area contributed by atoms with E-state index < -0.39 is 30.7 Å². The van der Waals surface area contributed by atoms with Crippen molar-refractivity contribution in [3.8, 4) is 0 Å². The molecule has 1 aliphatic heterocycles. The van der Waals surface area contributed by atoms with Crippen LogP contribution in [-0.4, -0.2) is 47.8 Å². The fourth-order valence-electron chi connectivity index (χ4n) is 1.83. The van der Waals surface area contributed by atoms with Crippen LogP contribution in [-0.2, 0) is 4.74 Å². The largest absolute Gasteiger partial charge is 0.444 e. The monoisotopic (exact) mass is 310 g/mol. The highest BCUT2D eigenvalue weighted by molar-refractivity contribution is 8.00. The van der Waals surface area contributed by atoms with Crippen LogP contribution in [0.1, 0.15) is 34.1 Å². The molecular formula is C13H24F2N2O2S. The summed E-state index contributed by atoms with van der Waals surface area (Å²) >= 11 is 1.78. The van der Waals surface area contributed by atoms with E-state index in [1.807, 2.05) is 0 Å². The summed E-state index contributed by atoms with van der Waals surface area (Å²) in [5.74, 6) is -2.12. The van der Waals surface area contributed by atoms with Gasteiger partial charge in [0, 0.05) is 17.0 Å². The van der Waals surface area contributed by atoms with E-state index >= 15 is 0 Å². The lowest BCUT2D eigenvalue weighted by Gasteiger charge is -2.23. The Kier molecular flexibility index (Phi) is 6.06. The highest BCUT2D eigenvalue weighted by Gasteiger charge is 2.32. The number of carbonyl (C=O) groups is 1. The van der Waals surface area contributed by atoms with Gasteiger partial charge in [-0.2, -0.15) is 11.8 Å². The minimum atomic E-state index is -2.98. The number of thioether (sulfide) groups is 1. The Morgan fingerprint density at radius 2 is 2.00 bits per heavy atom. The van der Waals surface area contributed by atoms with Crippen molar-refractivity contribution in [2.24, 2.45) is 0 Å². The number of amides is 1. The summed E-state index contributed by atoms with van der Waals surface area (Å²) in [5.41, 5.74) is -0.686. The van der Waals surface area contributed by atoms with E-state index in [0.29, 0.717) is 5.25 Å². The molecule has 0 aromatic heterocycles. The van der Waals surface area contributed by atoms with Crippen molar-refractivity contribution in [3.05, 3.63) is 0 Å². The zero-order chi connectivity index (χ0) is 15.4. The SMILES string of the molecule is CC1CC(NCC(F)(F)CNC(=O)OC(C)(C)C)CS1. The number of rotatable bonds is 5. The highest BCUT2D eigenvalue weighted by atomic mass is 32.2. The Morgan fingerprint density at radius 1 is 1.35 bits per heavy atom. The van der Waals surface area contributed by atoms with Gasteiger partial charge in [0.05, 0.1) is 13.1 Å². The summed E-state index contributed by atoms with van der Waals surface area (Å²) in [6, 6.07) is 0.127. The number of nitrogens with one attached hydrogen (secondary N) is 2. The van der Waals surface area contributed by atoms with Crippen molar-refractivity contribution < 1.29 is 18.3 Å². The van der Waals surface area contributed by atoms with Crippen molar-refractivity contribution in [2.45, 2.75) is 56.9 Å². The molecule has 4 nitrogen and oxygen atoms in total. The van der Waals surface area contributed by atoms with Gasteiger partial charge in [-0.25, -0.2) is 13.6 Å². The molecule has 118 valence electrons. The van der Waals surface area contributed by atoms with Gasteiger partial charge in [-0.05, 0) is 27.2 Å². The number of alkyl carbamates (subject to hydrolysis) is 1. The zero-order valence-corrected chi connectivity index (χ0v) is 13.3. The Hall–Kier alpha value is -0.560. The Bertz CT molecular complexity index is 335. The minimum absolute atomic E-state index is 0.127. The summed E-state index contributed by atoms with van der Waals surface area (Å²) in [4.78, 5) is 11.3. The molecule has 0 spiro atoms. The van der Waals surface area contributed by atoms with Crippen LogP contribution in [0.15, 0.2) is 0 Å². The molecule has 2 N–H and O–H groups in total. The van der Waals surface area contributed by atoms with Gasteiger partial charge < -0.3 is 15.4 Å². The lowest BCUT2D eigenvalue weighted by atomic mass is 10.2. The third-order valence-electron chi connectivity index (χ3n) is 2.74. The molecule has 0 saturated carbocycles. The van der Waals surface area contributed by atoms with Crippen LogP contribution < -0.4 is 10.6 Å². The van der Waals surface area contributed by atoms with Crippen molar-refractivity contribution in [3.63, 3.8) is 0 Å². The van der Waals surface area contributed by atoms with Gasteiger partial charge in [-0.1, -0.05) is 6.92 Å². The molecule has 1 saturated heterocycles. The van der Waals surface area contributed by atoms with E-state index in [1.165, 1.54) is 0 Å². The topological polar surface area (TPSA) is 50.4 Å². The summed E-state index contributed by atoms with van der Waals surface area (Å²) in [5, 5.41) is 5.48. The van der Waals surface area contributed by atoms with Gasteiger partial charge in [-0.3, -0.25) is 0 Å². The van der Waals surface area contributed by atoms with Crippen LogP contribution in [0.5, 0.6) is 0 Å². The van der Waals surface area contributed by atoms with Gasteiger partial charge in [0.1, 0.15) is 5.60 Å². The maximum absolute atomic E-state index is 13.6. The summed E-state index contributed by atoms with van der Waals surface area (Å²) in [6.07, 6.45) is 0.0856.